The predicted octanol–water partition coefficient (Wildman–Crippen LogP) is 4.16. The standard InChI is InChI=1S/C11H13BrClNO2/c1-7(8(2)13)5-9-3-4-10(12)6-11(9)14(15)16/h3-4,6-8H,5H2,1-2H3. The van der Waals surface area contributed by atoms with Crippen molar-refractivity contribution < 1.29 is 4.92 Å². The highest BCUT2D eigenvalue weighted by Gasteiger charge is 2.18. The van der Waals surface area contributed by atoms with Crippen molar-refractivity contribution in [2.75, 3.05) is 0 Å². The molecule has 1 rings (SSSR count). The maximum absolute atomic E-state index is 10.9. The molecule has 2 unspecified atom stereocenters. The molecule has 1 aromatic rings. The van der Waals surface area contributed by atoms with Crippen LogP contribution in [0.3, 0.4) is 0 Å². The number of halogens is 2. The third-order valence-corrected chi connectivity index (χ3v) is 3.49. The molecule has 0 saturated carbocycles. The van der Waals surface area contributed by atoms with Gasteiger partial charge in [-0.3, -0.25) is 10.1 Å². The number of rotatable bonds is 4. The van der Waals surface area contributed by atoms with Gasteiger partial charge in [-0.25, -0.2) is 0 Å². The average molecular weight is 307 g/mol. The quantitative estimate of drug-likeness (QED) is 0.476. The molecule has 5 heteroatoms. The highest BCUT2D eigenvalue weighted by Crippen LogP contribution is 2.27. The molecule has 0 N–H and O–H groups in total. The topological polar surface area (TPSA) is 43.1 Å². The first-order chi connectivity index (χ1) is 7.41. The smallest absolute Gasteiger partial charge is 0.258 e. The van der Waals surface area contributed by atoms with Crippen LogP contribution >= 0.6 is 27.5 Å². The van der Waals surface area contributed by atoms with Gasteiger partial charge in [-0.2, -0.15) is 0 Å². The first kappa shape index (κ1) is 13.5. The normalized spacial score (nSPS) is 14.5. The molecule has 16 heavy (non-hydrogen) atoms. The Bertz CT molecular complexity index is 396. The second-order valence-corrected chi connectivity index (χ2v) is 5.49. The summed E-state index contributed by atoms with van der Waals surface area (Å²) in [4.78, 5) is 10.5. The van der Waals surface area contributed by atoms with Crippen molar-refractivity contribution in [1.82, 2.24) is 0 Å². The van der Waals surface area contributed by atoms with Crippen molar-refractivity contribution in [1.29, 1.82) is 0 Å². The van der Waals surface area contributed by atoms with Gasteiger partial charge in [0.1, 0.15) is 0 Å². The zero-order valence-electron chi connectivity index (χ0n) is 9.11. The molecule has 0 amide bonds. The molecule has 0 radical (unpaired) electrons. The number of nitrogens with zero attached hydrogens (tertiary/aromatic N) is 1. The monoisotopic (exact) mass is 305 g/mol. The van der Waals surface area contributed by atoms with Gasteiger partial charge in [0.05, 0.1) is 4.92 Å². The zero-order valence-corrected chi connectivity index (χ0v) is 11.5. The Morgan fingerprint density at radius 3 is 2.62 bits per heavy atom. The molecule has 0 spiro atoms. The highest BCUT2D eigenvalue weighted by atomic mass is 79.9. The third-order valence-electron chi connectivity index (χ3n) is 2.57. The van der Waals surface area contributed by atoms with Gasteiger partial charge >= 0.3 is 0 Å². The van der Waals surface area contributed by atoms with Crippen molar-refractivity contribution >= 4 is 33.2 Å². The van der Waals surface area contributed by atoms with Crippen LogP contribution in [0.2, 0.25) is 0 Å². The number of hydrogen-bond acceptors (Lipinski definition) is 2. The lowest BCUT2D eigenvalue weighted by atomic mass is 9.97. The molecule has 0 aliphatic heterocycles. The van der Waals surface area contributed by atoms with Crippen LogP contribution in [-0.4, -0.2) is 10.3 Å². The molecule has 0 aliphatic carbocycles. The van der Waals surface area contributed by atoms with Gasteiger partial charge in [0.2, 0.25) is 0 Å². The van der Waals surface area contributed by atoms with Crippen LogP contribution in [0.15, 0.2) is 22.7 Å². The summed E-state index contributed by atoms with van der Waals surface area (Å²) in [5, 5.41) is 10.9. The van der Waals surface area contributed by atoms with Gasteiger partial charge in [0, 0.05) is 21.5 Å². The van der Waals surface area contributed by atoms with E-state index in [2.05, 4.69) is 15.9 Å². The summed E-state index contributed by atoms with van der Waals surface area (Å²) in [5.41, 5.74) is 0.881. The Labute approximate surface area is 108 Å². The molecule has 3 nitrogen and oxygen atoms in total. The van der Waals surface area contributed by atoms with Crippen LogP contribution in [0.25, 0.3) is 0 Å². The molecule has 0 heterocycles. The number of nitro groups is 1. The average Bonchev–Trinajstić information content (AvgIpc) is 2.20. The maximum Gasteiger partial charge on any atom is 0.273 e. The van der Waals surface area contributed by atoms with E-state index in [4.69, 9.17) is 11.6 Å². The van der Waals surface area contributed by atoms with E-state index in [1.54, 1.807) is 6.07 Å². The van der Waals surface area contributed by atoms with Crippen LogP contribution in [-0.2, 0) is 6.42 Å². The van der Waals surface area contributed by atoms with E-state index in [-0.39, 0.29) is 21.9 Å². The van der Waals surface area contributed by atoms with Gasteiger partial charge < -0.3 is 0 Å². The van der Waals surface area contributed by atoms with Crippen LogP contribution in [0.4, 0.5) is 5.69 Å². The number of hydrogen-bond donors (Lipinski definition) is 0. The predicted molar refractivity (Wildman–Crippen MR) is 69.0 cm³/mol. The highest BCUT2D eigenvalue weighted by molar-refractivity contribution is 9.10. The van der Waals surface area contributed by atoms with Crippen molar-refractivity contribution in [3.63, 3.8) is 0 Å². The lowest BCUT2D eigenvalue weighted by Crippen LogP contribution is -2.11. The van der Waals surface area contributed by atoms with E-state index >= 15 is 0 Å². The molecular formula is C11H13BrClNO2. The van der Waals surface area contributed by atoms with Crippen LogP contribution in [0.1, 0.15) is 19.4 Å². The van der Waals surface area contributed by atoms with E-state index in [1.807, 2.05) is 19.9 Å². The molecule has 0 bridgehead atoms. The van der Waals surface area contributed by atoms with Crippen LogP contribution in [0.5, 0.6) is 0 Å². The minimum Gasteiger partial charge on any atom is -0.258 e. The van der Waals surface area contributed by atoms with E-state index in [9.17, 15) is 10.1 Å². The van der Waals surface area contributed by atoms with E-state index in [1.165, 1.54) is 6.07 Å². The van der Waals surface area contributed by atoms with Crippen LogP contribution < -0.4 is 0 Å². The molecular weight excluding hydrogens is 293 g/mol. The summed E-state index contributed by atoms with van der Waals surface area (Å²) in [6.07, 6.45) is 0.619. The SMILES string of the molecule is CC(Cl)C(C)Cc1ccc(Br)cc1[N+](=O)[O-]. The van der Waals surface area contributed by atoms with Crippen molar-refractivity contribution in [2.24, 2.45) is 5.92 Å². The second-order valence-electron chi connectivity index (χ2n) is 3.89. The second kappa shape index (κ2) is 5.64. The molecule has 2 atom stereocenters. The van der Waals surface area contributed by atoms with Crippen molar-refractivity contribution in [3.8, 4) is 0 Å². The first-order valence-corrected chi connectivity index (χ1v) is 6.21. The third kappa shape index (κ3) is 3.46. The van der Waals surface area contributed by atoms with E-state index in [0.29, 0.717) is 6.42 Å². The van der Waals surface area contributed by atoms with Crippen LogP contribution in [0, 0.1) is 16.0 Å². The molecule has 0 aromatic heterocycles. The lowest BCUT2D eigenvalue weighted by molar-refractivity contribution is -0.385. The minimum absolute atomic E-state index is 0.00301. The van der Waals surface area contributed by atoms with Gasteiger partial charge in [-0.15, -0.1) is 11.6 Å². The van der Waals surface area contributed by atoms with Crippen molar-refractivity contribution in [3.05, 3.63) is 38.3 Å². The Balaban J connectivity index is 2.99. The largest absolute Gasteiger partial charge is 0.273 e. The number of nitro benzene ring substituents is 1. The number of alkyl halides is 1. The van der Waals surface area contributed by atoms with Gasteiger partial charge in [-0.1, -0.05) is 28.9 Å². The van der Waals surface area contributed by atoms with E-state index in [0.717, 1.165) is 10.0 Å². The maximum atomic E-state index is 10.9. The van der Waals surface area contributed by atoms with Gasteiger partial charge in [0.25, 0.3) is 5.69 Å². The van der Waals surface area contributed by atoms with Crippen molar-refractivity contribution in [2.45, 2.75) is 25.6 Å². The summed E-state index contributed by atoms with van der Waals surface area (Å²) >= 11 is 9.19. The Morgan fingerprint density at radius 1 is 1.50 bits per heavy atom. The fourth-order valence-corrected chi connectivity index (χ4v) is 1.83. The van der Waals surface area contributed by atoms with E-state index < -0.39 is 0 Å². The molecule has 0 aliphatic rings. The summed E-state index contributed by atoms with van der Waals surface area (Å²) in [7, 11) is 0. The lowest BCUT2D eigenvalue weighted by Gasteiger charge is -2.13. The Morgan fingerprint density at radius 2 is 2.12 bits per heavy atom. The Hall–Kier alpha value is -0.610. The molecule has 1 aromatic carbocycles. The van der Waals surface area contributed by atoms with Gasteiger partial charge in [0.15, 0.2) is 0 Å². The molecule has 0 fully saturated rings. The fraction of sp³-hybridized carbons (Fsp3) is 0.455. The number of benzene rings is 1. The summed E-state index contributed by atoms with van der Waals surface area (Å²) in [6, 6.07) is 5.12. The minimum atomic E-state index is -0.355. The summed E-state index contributed by atoms with van der Waals surface area (Å²) < 4.78 is 0.717. The van der Waals surface area contributed by atoms with Gasteiger partial charge in [-0.05, 0) is 25.3 Å². The fourth-order valence-electron chi connectivity index (χ4n) is 1.39. The zero-order chi connectivity index (χ0) is 12.3. The Kier molecular flexibility index (Phi) is 4.74. The summed E-state index contributed by atoms with van der Waals surface area (Å²) in [5.74, 6) is 0.210. The first-order valence-electron chi connectivity index (χ1n) is 4.98. The molecule has 0 saturated heterocycles. The molecule has 88 valence electrons. The summed E-state index contributed by atoms with van der Waals surface area (Å²) in [6.45, 7) is 3.89.